The van der Waals surface area contributed by atoms with Gasteiger partial charge >= 0.3 is 0 Å². The summed E-state index contributed by atoms with van der Waals surface area (Å²) in [4.78, 5) is 45.1. The van der Waals surface area contributed by atoms with Crippen molar-refractivity contribution >= 4 is 51.0 Å². The Bertz CT molecular complexity index is 1160. The first-order valence-corrected chi connectivity index (χ1v) is 15.8. The lowest BCUT2D eigenvalue weighted by atomic mass is 9.98. The van der Waals surface area contributed by atoms with Gasteiger partial charge in [-0.1, -0.05) is 46.8 Å². The normalized spacial score (nSPS) is 16.5. The van der Waals surface area contributed by atoms with Gasteiger partial charge in [0.25, 0.3) is 0 Å². The summed E-state index contributed by atoms with van der Waals surface area (Å²) < 4.78 is 1.07. The number of amides is 3. The maximum Gasteiger partial charge on any atom is 0.247 e. The van der Waals surface area contributed by atoms with Gasteiger partial charge in [-0.05, 0) is 29.5 Å². The molecule has 1 aromatic carbocycles. The Morgan fingerprint density at radius 3 is 2.49 bits per heavy atom. The number of hydrogen-bond acceptors (Lipinski definition) is 7. The molecule has 39 heavy (non-hydrogen) atoms. The molecule has 1 saturated heterocycles. The predicted molar refractivity (Wildman–Crippen MR) is 162 cm³/mol. The molecule has 214 valence electrons. The van der Waals surface area contributed by atoms with Gasteiger partial charge in [0.2, 0.25) is 17.7 Å². The van der Waals surface area contributed by atoms with E-state index < -0.39 is 6.04 Å². The van der Waals surface area contributed by atoms with Gasteiger partial charge < -0.3 is 16.0 Å². The van der Waals surface area contributed by atoms with Crippen molar-refractivity contribution in [1.29, 1.82) is 0 Å². The third kappa shape index (κ3) is 9.32. The molecule has 0 unspecified atom stereocenters. The second-order valence-electron chi connectivity index (χ2n) is 10.6. The maximum atomic E-state index is 13.4. The molecule has 10 heteroatoms. The number of hydrogen-bond donors (Lipinski definition) is 3. The zero-order valence-electron chi connectivity index (χ0n) is 23.8. The van der Waals surface area contributed by atoms with E-state index >= 15 is 0 Å². The van der Waals surface area contributed by atoms with E-state index in [-0.39, 0.29) is 29.7 Å². The molecular weight excluding hydrogens is 530 g/mol. The van der Waals surface area contributed by atoms with Crippen LogP contribution in [-0.2, 0) is 20.8 Å². The Balaban J connectivity index is 1.65. The first-order chi connectivity index (χ1) is 18.6. The number of fused-ring (bicyclic) bond motifs is 1. The highest BCUT2D eigenvalue weighted by molar-refractivity contribution is 7.99. The van der Waals surface area contributed by atoms with Crippen molar-refractivity contribution in [2.45, 2.75) is 65.5 Å². The van der Waals surface area contributed by atoms with Gasteiger partial charge in [-0.3, -0.25) is 19.3 Å². The largest absolute Gasteiger partial charge is 0.350 e. The Kier molecular flexibility index (Phi) is 11.8. The standard InChI is InChI=1S/C29H43N5O3S2/c1-7-19(4)25(16-30-28(36)20(5)17-34-10-12-38-13-11-34)33-29(37)24(31-21(6)35)15-27-32-23-9-8-22(18(2)3)14-26(23)39-27/h8-9,14,18-19,24-25H,5,7,10-13,15-17H2,1-4,6H3,(H,30,36)(H,31,35)(H,33,37)/t19-,24-,25+/m0/s1. The van der Waals surface area contributed by atoms with Crippen LogP contribution in [0.1, 0.15) is 57.5 Å². The van der Waals surface area contributed by atoms with Crippen LogP contribution in [0.4, 0.5) is 0 Å². The van der Waals surface area contributed by atoms with E-state index in [1.54, 1.807) is 11.3 Å². The smallest absolute Gasteiger partial charge is 0.247 e. The van der Waals surface area contributed by atoms with E-state index in [1.165, 1.54) is 12.5 Å². The summed E-state index contributed by atoms with van der Waals surface area (Å²) in [6.07, 6.45) is 1.13. The van der Waals surface area contributed by atoms with Crippen LogP contribution in [0.3, 0.4) is 0 Å². The van der Waals surface area contributed by atoms with E-state index in [1.807, 2.05) is 24.8 Å². The van der Waals surface area contributed by atoms with Gasteiger partial charge in [-0.25, -0.2) is 4.98 Å². The molecule has 0 spiro atoms. The number of carbonyl (C=O) groups excluding carboxylic acids is 3. The first-order valence-electron chi connectivity index (χ1n) is 13.8. The molecule has 2 heterocycles. The SMILES string of the molecule is C=C(CN1CCSCC1)C(=O)NC[C@@H](NC(=O)[C@H](Cc1nc2ccc(C(C)C)cc2s1)NC(C)=O)[C@@H](C)CC. The number of thioether (sulfide) groups is 1. The molecule has 0 aliphatic carbocycles. The van der Waals surface area contributed by atoms with Crippen LogP contribution in [0, 0.1) is 5.92 Å². The van der Waals surface area contributed by atoms with Crippen LogP contribution in [0.25, 0.3) is 10.2 Å². The fourth-order valence-corrected chi connectivity index (χ4v) is 6.50. The lowest BCUT2D eigenvalue weighted by Crippen LogP contribution is -2.54. The molecule has 2 aromatic rings. The Hall–Kier alpha value is -2.43. The van der Waals surface area contributed by atoms with Gasteiger partial charge in [-0.2, -0.15) is 11.8 Å². The Morgan fingerprint density at radius 1 is 1.13 bits per heavy atom. The fourth-order valence-electron chi connectivity index (χ4n) is 4.46. The molecule has 0 saturated carbocycles. The summed E-state index contributed by atoms with van der Waals surface area (Å²) in [7, 11) is 0. The van der Waals surface area contributed by atoms with Crippen LogP contribution < -0.4 is 16.0 Å². The number of carbonyl (C=O) groups is 3. The first kappa shape index (κ1) is 31.1. The number of nitrogens with one attached hydrogen (secondary N) is 3. The van der Waals surface area contributed by atoms with Crippen molar-refractivity contribution in [2.75, 3.05) is 37.7 Å². The van der Waals surface area contributed by atoms with Gasteiger partial charge in [0.05, 0.1) is 15.2 Å². The summed E-state index contributed by atoms with van der Waals surface area (Å²) >= 11 is 3.47. The third-order valence-corrected chi connectivity index (χ3v) is 9.16. The lowest BCUT2D eigenvalue weighted by Gasteiger charge is -2.28. The van der Waals surface area contributed by atoms with Gasteiger partial charge in [-0.15, -0.1) is 11.3 Å². The lowest BCUT2D eigenvalue weighted by molar-refractivity contribution is -0.128. The number of nitrogens with zero attached hydrogens (tertiary/aromatic N) is 2. The molecule has 1 aromatic heterocycles. The molecule has 8 nitrogen and oxygen atoms in total. The number of rotatable bonds is 13. The van der Waals surface area contributed by atoms with E-state index in [0.717, 1.165) is 46.2 Å². The number of benzene rings is 1. The molecule has 1 aliphatic rings. The predicted octanol–water partition coefficient (Wildman–Crippen LogP) is 3.72. The van der Waals surface area contributed by atoms with Crippen molar-refractivity contribution in [3.8, 4) is 0 Å². The van der Waals surface area contributed by atoms with E-state index in [9.17, 15) is 14.4 Å². The van der Waals surface area contributed by atoms with Crippen LogP contribution in [-0.4, -0.2) is 77.4 Å². The maximum absolute atomic E-state index is 13.4. The van der Waals surface area contributed by atoms with Crippen molar-refractivity contribution in [3.63, 3.8) is 0 Å². The minimum absolute atomic E-state index is 0.122. The topological polar surface area (TPSA) is 103 Å². The van der Waals surface area contributed by atoms with Crippen LogP contribution in [0.5, 0.6) is 0 Å². The van der Waals surface area contributed by atoms with Gasteiger partial charge in [0.15, 0.2) is 0 Å². The van der Waals surface area contributed by atoms with Crippen LogP contribution in [0.2, 0.25) is 0 Å². The quantitative estimate of drug-likeness (QED) is 0.316. The zero-order chi connectivity index (χ0) is 28.5. The summed E-state index contributed by atoms with van der Waals surface area (Å²) in [6, 6.07) is 5.19. The van der Waals surface area contributed by atoms with Crippen LogP contribution >= 0.6 is 23.1 Å². The second kappa shape index (κ2) is 14.8. The summed E-state index contributed by atoms with van der Waals surface area (Å²) in [5.41, 5.74) is 2.67. The van der Waals surface area contributed by atoms with Crippen molar-refractivity contribution < 1.29 is 14.4 Å². The minimum atomic E-state index is -0.762. The Labute approximate surface area is 240 Å². The van der Waals surface area contributed by atoms with Crippen molar-refractivity contribution in [1.82, 2.24) is 25.8 Å². The summed E-state index contributed by atoms with van der Waals surface area (Å²) in [6.45, 7) is 16.6. The monoisotopic (exact) mass is 573 g/mol. The highest BCUT2D eigenvalue weighted by Gasteiger charge is 2.27. The average Bonchev–Trinajstić information content (AvgIpc) is 3.31. The summed E-state index contributed by atoms with van der Waals surface area (Å²) in [5, 5.41) is 9.66. The van der Waals surface area contributed by atoms with Crippen molar-refractivity contribution in [3.05, 3.63) is 40.9 Å². The van der Waals surface area contributed by atoms with Gasteiger partial charge in [0.1, 0.15) is 6.04 Å². The molecule has 1 aliphatic heterocycles. The molecule has 3 N–H and O–H groups in total. The Morgan fingerprint density at radius 2 is 1.85 bits per heavy atom. The molecule has 3 atom stereocenters. The second-order valence-corrected chi connectivity index (χ2v) is 13.0. The van der Waals surface area contributed by atoms with E-state index in [2.05, 4.69) is 60.3 Å². The number of aromatic nitrogens is 1. The fraction of sp³-hybridized carbons (Fsp3) is 0.586. The highest BCUT2D eigenvalue weighted by atomic mass is 32.2. The zero-order valence-corrected chi connectivity index (χ0v) is 25.5. The third-order valence-electron chi connectivity index (χ3n) is 7.18. The van der Waals surface area contributed by atoms with Gasteiger partial charge in [0, 0.05) is 62.6 Å². The molecule has 3 amide bonds. The number of thiazole rings is 1. The molecule has 3 rings (SSSR count). The van der Waals surface area contributed by atoms with E-state index in [0.29, 0.717) is 31.0 Å². The molecule has 1 fully saturated rings. The molecule has 0 bridgehead atoms. The van der Waals surface area contributed by atoms with Crippen LogP contribution in [0.15, 0.2) is 30.4 Å². The minimum Gasteiger partial charge on any atom is -0.350 e. The highest BCUT2D eigenvalue weighted by Crippen LogP contribution is 2.27. The van der Waals surface area contributed by atoms with E-state index in [4.69, 9.17) is 4.98 Å². The van der Waals surface area contributed by atoms with Crippen molar-refractivity contribution in [2.24, 2.45) is 5.92 Å². The molecular formula is C29H43N5O3S2. The average molecular weight is 574 g/mol. The molecule has 0 radical (unpaired) electrons. The summed E-state index contributed by atoms with van der Waals surface area (Å²) in [5.74, 6) is 1.93.